The van der Waals surface area contributed by atoms with E-state index in [1.165, 1.54) is 0 Å². The second-order valence-corrected chi connectivity index (χ2v) is 2.44. The fourth-order valence-corrected chi connectivity index (χ4v) is 0.644. The molecule has 0 aromatic heterocycles. The van der Waals surface area contributed by atoms with Gasteiger partial charge in [0.25, 0.3) is 0 Å². The minimum absolute atomic E-state index is 0.248. The molecule has 0 aromatic rings. The molecule has 0 aliphatic carbocycles. The van der Waals surface area contributed by atoms with Crippen LogP contribution in [0.25, 0.3) is 0 Å². The summed E-state index contributed by atoms with van der Waals surface area (Å²) >= 11 is 0. The standard InChI is InChI=1S/C6H13NO5/c7-3(1-8)5(11)6(12)4(10)2-9/h1,3-6,9-12H,2,7H2. The Hall–Kier alpha value is -0.530. The molecule has 6 N–H and O–H groups in total. The van der Waals surface area contributed by atoms with Gasteiger partial charge in [0.05, 0.1) is 12.6 Å². The third-order valence-corrected chi connectivity index (χ3v) is 1.48. The van der Waals surface area contributed by atoms with Crippen LogP contribution in [0, 0.1) is 0 Å². The van der Waals surface area contributed by atoms with Crippen molar-refractivity contribution in [3.8, 4) is 0 Å². The lowest BCUT2D eigenvalue weighted by Gasteiger charge is -2.23. The first kappa shape index (κ1) is 11.5. The molecule has 0 rings (SSSR count). The van der Waals surface area contributed by atoms with Crippen LogP contribution in [-0.4, -0.2) is 57.7 Å². The van der Waals surface area contributed by atoms with E-state index < -0.39 is 31.0 Å². The average Bonchev–Trinajstić information content (AvgIpc) is 2.12. The highest BCUT2D eigenvalue weighted by molar-refractivity contribution is 5.58. The minimum Gasteiger partial charge on any atom is -0.394 e. The highest BCUT2D eigenvalue weighted by atomic mass is 16.4. The number of aliphatic hydroxyl groups is 4. The van der Waals surface area contributed by atoms with Gasteiger partial charge in [-0.05, 0) is 0 Å². The Morgan fingerprint density at radius 2 is 1.75 bits per heavy atom. The van der Waals surface area contributed by atoms with Gasteiger partial charge in [0.15, 0.2) is 0 Å². The first-order valence-electron chi connectivity index (χ1n) is 3.40. The third-order valence-electron chi connectivity index (χ3n) is 1.48. The summed E-state index contributed by atoms with van der Waals surface area (Å²) in [6.07, 6.45) is -4.43. The van der Waals surface area contributed by atoms with E-state index in [-0.39, 0.29) is 6.29 Å². The van der Waals surface area contributed by atoms with Gasteiger partial charge in [-0.15, -0.1) is 0 Å². The first-order valence-corrected chi connectivity index (χ1v) is 3.40. The maximum Gasteiger partial charge on any atom is 0.139 e. The average molecular weight is 179 g/mol. The molecule has 0 amide bonds. The van der Waals surface area contributed by atoms with Gasteiger partial charge in [-0.25, -0.2) is 0 Å². The van der Waals surface area contributed by atoms with E-state index in [9.17, 15) is 4.79 Å². The van der Waals surface area contributed by atoms with Crippen molar-refractivity contribution in [2.75, 3.05) is 6.61 Å². The molecule has 72 valence electrons. The molecule has 6 nitrogen and oxygen atoms in total. The quantitative estimate of drug-likeness (QED) is 0.280. The molecular formula is C6H13NO5. The van der Waals surface area contributed by atoms with E-state index in [2.05, 4.69) is 0 Å². The number of rotatable bonds is 5. The predicted octanol–water partition coefficient (Wildman–Crippen LogP) is -3.41. The molecule has 0 bridgehead atoms. The van der Waals surface area contributed by atoms with E-state index in [0.717, 1.165) is 0 Å². The van der Waals surface area contributed by atoms with Crippen LogP contribution in [0.15, 0.2) is 0 Å². The van der Waals surface area contributed by atoms with E-state index in [4.69, 9.17) is 26.2 Å². The van der Waals surface area contributed by atoms with Gasteiger partial charge in [-0.1, -0.05) is 0 Å². The fourth-order valence-electron chi connectivity index (χ4n) is 0.644. The predicted molar refractivity (Wildman–Crippen MR) is 39.1 cm³/mol. The Morgan fingerprint density at radius 3 is 2.08 bits per heavy atom. The number of aliphatic hydroxyl groups excluding tert-OH is 4. The van der Waals surface area contributed by atoms with E-state index in [0.29, 0.717) is 0 Å². The van der Waals surface area contributed by atoms with Crippen LogP contribution in [0.3, 0.4) is 0 Å². The zero-order valence-electron chi connectivity index (χ0n) is 6.37. The number of hydrogen-bond donors (Lipinski definition) is 5. The lowest BCUT2D eigenvalue weighted by Crippen LogP contribution is -2.49. The van der Waals surface area contributed by atoms with Crippen LogP contribution in [0.1, 0.15) is 0 Å². The van der Waals surface area contributed by atoms with Crippen LogP contribution < -0.4 is 5.73 Å². The van der Waals surface area contributed by atoms with Gasteiger partial charge in [0, 0.05) is 0 Å². The number of aldehydes is 1. The number of hydrogen-bond acceptors (Lipinski definition) is 6. The summed E-state index contributed by atoms with van der Waals surface area (Å²) in [5, 5.41) is 35.2. The number of carbonyl (C=O) groups is 1. The zero-order valence-corrected chi connectivity index (χ0v) is 6.37. The van der Waals surface area contributed by atoms with Crippen molar-refractivity contribution in [3.63, 3.8) is 0 Å². The van der Waals surface area contributed by atoms with Gasteiger partial charge >= 0.3 is 0 Å². The van der Waals surface area contributed by atoms with Gasteiger partial charge < -0.3 is 31.0 Å². The molecule has 0 aliphatic heterocycles. The summed E-state index contributed by atoms with van der Waals surface area (Å²) in [6, 6.07) is -1.26. The van der Waals surface area contributed by atoms with Gasteiger partial charge in [-0.2, -0.15) is 0 Å². The zero-order chi connectivity index (χ0) is 9.72. The fraction of sp³-hybridized carbons (Fsp3) is 0.833. The number of carbonyl (C=O) groups excluding carboxylic acids is 1. The lowest BCUT2D eigenvalue weighted by atomic mass is 10.0. The molecule has 0 spiro atoms. The molecule has 12 heavy (non-hydrogen) atoms. The Kier molecular flexibility index (Phi) is 4.95. The summed E-state index contributed by atoms with van der Waals surface area (Å²) in [5.41, 5.74) is 5.04. The van der Waals surface area contributed by atoms with Crippen molar-refractivity contribution >= 4 is 6.29 Å². The smallest absolute Gasteiger partial charge is 0.139 e. The van der Waals surface area contributed by atoms with Crippen molar-refractivity contribution in [2.45, 2.75) is 24.4 Å². The largest absolute Gasteiger partial charge is 0.394 e. The topological polar surface area (TPSA) is 124 Å². The van der Waals surface area contributed by atoms with Crippen LogP contribution in [0.4, 0.5) is 0 Å². The van der Waals surface area contributed by atoms with E-state index in [1.807, 2.05) is 0 Å². The highest BCUT2D eigenvalue weighted by Gasteiger charge is 2.28. The molecule has 0 aliphatic rings. The summed E-state index contributed by atoms with van der Waals surface area (Å²) in [7, 11) is 0. The Labute approximate surface area is 69.2 Å². The first-order chi connectivity index (χ1) is 5.54. The summed E-state index contributed by atoms with van der Waals surface area (Å²) in [6.45, 7) is -0.705. The molecule has 0 radical (unpaired) electrons. The Bertz CT molecular complexity index is 142. The van der Waals surface area contributed by atoms with Crippen molar-refractivity contribution < 1.29 is 25.2 Å². The molecule has 0 saturated carbocycles. The Morgan fingerprint density at radius 1 is 1.25 bits per heavy atom. The van der Waals surface area contributed by atoms with Crippen molar-refractivity contribution in [1.29, 1.82) is 0 Å². The molecule has 6 heteroatoms. The lowest BCUT2D eigenvalue weighted by molar-refractivity contribution is -0.118. The highest BCUT2D eigenvalue weighted by Crippen LogP contribution is 2.01. The second kappa shape index (κ2) is 5.18. The monoisotopic (exact) mass is 179 g/mol. The molecule has 0 saturated heterocycles. The molecule has 0 fully saturated rings. The van der Waals surface area contributed by atoms with Crippen LogP contribution in [0.5, 0.6) is 0 Å². The summed E-state index contributed by atoms with van der Waals surface area (Å²) in [5.74, 6) is 0. The summed E-state index contributed by atoms with van der Waals surface area (Å²) < 4.78 is 0. The van der Waals surface area contributed by atoms with Crippen LogP contribution in [-0.2, 0) is 4.79 Å². The van der Waals surface area contributed by atoms with Crippen LogP contribution in [0.2, 0.25) is 0 Å². The Balaban J connectivity index is 4.07. The molecule has 0 aromatic carbocycles. The van der Waals surface area contributed by atoms with Gasteiger partial charge in [-0.3, -0.25) is 0 Å². The molecule has 4 unspecified atom stereocenters. The third kappa shape index (κ3) is 2.84. The van der Waals surface area contributed by atoms with Gasteiger partial charge in [0.2, 0.25) is 0 Å². The minimum atomic E-state index is -1.62. The van der Waals surface area contributed by atoms with E-state index >= 15 is 0 Å². The molecular weight excluding hydrogens is 166 g/mol. The second-order valence-electron chi connectivity index (χ2n) is 2.44. The number of nitrogens with two attached hydrogens (primary N) is 1. The van der Waals surface area contributed by atoms with Gasteiger partial charge in [0.1, 0.15) is 24.6 Å². The molecule has 4 atom stereocenters. The maximum absolute atomic E-state index is 10.0. The van der Waals surface area contributed by atoms with Crippen LogP contribution >= 0.6 is 0 Å². The van der Waals surface area contributed by atoms with Crippen molar-refractivity contribution in [3.05, 3.63) is 0 Å². The normalized spacial score (nSPS) is 21.1. The van der Waals surface area contributed by atoms with Crippen molar-refractivity contribution in [2.24, 2.45) is 5.73 Å². The van der Waals surface area contributed by atoms with Crippen molar-refractivity contribution in [1.82, 2.24) is 0 Å². The summed E-state index contributed by atoms with van der Waals surface area (Å²) in [4.78, 5) is 10.0. The van der Waals surface area contributed by atoms with E-state index in [1.54, 1.807) is 0 Å². The SMILES string of the molecule is NC(C=O)C(O)C(O)C(O)CO. The molecule has 0 heterocycles. The maximum atomic E-state index is 10.0.